The smallest absolute Gasteiger partial charge is 0.245 e. The summed E-state index contributed by atoms with van der Waals surface area (Å²) in [6.45, 7) is 12.8. The third-order valence-corrected chi connectivity index (χ3v) is 10.6. The first-order valence-electron chi connectivity index (χ1n) is 15.1. The average molecular weight is 578 g/mol. The fraction of sp³-hybridized carbons (Fsp3) is 0.581. The van der Waals surface area contributed by atoms with Gasteiger partial charge in [0.1, 0.15) is 0 Å². The number of aliphatic hydroxyl groups is 1. The number of likely N-dealkylation sites (tertiary alicyclic amines) is 1. The summed E-state index contributed by atoms with van der Waals surface area (Å²) in [4.78, 5) is 19.2. The molecular formula is C31H40ClN7O2. The number of carbonyl (C=O) groups excluding carboxylic acids is 1. The minimum Gasteiger partial charge on any atom is -0.389 e. The monoisotopic (exact) mass is 577 g/mol. The Morgan fingerprint density at radius 2 is 1.93 bits per heavy atom. The number of benzene rings is 1. The molecule has 218 valence electrons. The Hall–Kier alpha value is -2.88. The van der Waals surface area contributed by atoms with E-state index in [0.29, 0.717) is 13.1 Å². The largest absolute Gasteiger partial charge is 0.389 e. The highest BCUT2D eigenvalue weighted by molar-refractivity contribution is 6.36. The van der Waals surface area contributed by atoms with Gasteiger partial charge in [-0.3, -0.25) is 19.5 Å². The summed E-state index contributed by atoms with van der Waals surface area (Å²) >= 11 is 7.15. The maximum Gasteiger partial charge on any atom is 0.245 e. The molecule has 1 aromatic carbocycles. The van der Waals surface area contributed by atoms with Crippen molar-refractivity contribution in [3.8, 4) is 11.1 Å². The minimum atomic E-state index is -0.486. The van der Waals surface area contributed by atoms with Gasteiger partial charge >= 0.3 is 0 Å². The van der Waals surface area contributed by atoms with E-state index in [1.165, 1.54) is 12.5 Å². The Morgan fingerprint density at radius 1 is 1.17 bits per heavy atom. The standard InChI is InChI=1S/C31H40ClN7O2/c1-4-25(40)37-12-6-22(7-13-37)39-21(3)26(27-23-17-33-34-24(23)16-20(2)28(27)32)29(35-39)38-15-14-36(19-31(41)10-11-31)18-30(38)8-5-9-30/h4,16-17,22,41H,1,5-15,18-19H2,2-3H3,(H,33,34). The zero-order valence-corrected chi connectivity index (χ0v) is 24.9. The number of amides is 1. The second-order valence-electron chi connectivity index (χ2n) is 12.9. The fourth-order valence-corrected chi connectivity index (χ4v) is 7.75. The molecule has 10 heteroatoms. The van der Waals surface area contributed by atoms with E-state index in [1.54, 1.807) is 0 Å². The summed E-state index contributed by atoms with van der Waals surface area (Å²) in [5.41, 5.74) is 4.70. The van der Waals surface area contributed by atoms with Gasteiger partial charge in [-0.2, -0.15) is 10.2 Å². The Labute approximate surface area is 246 Å². The maximum absolute atomic E-state index is 12.3. The van der Waals surface area contributed by atoms with E-state index < -0.39 is 5.60 Å². The molecule has 7 rings (SSSR count). The Kier molecular flexibility index (Phi) is 6.48. The first-order chi connectivity index (χ1) is 19.7. The molecule has 3 aromatic rings. The summed E-state index contributed by atoms with van der Waals surface area (Å²) in [7, 11) is 0. The van der Waals surface area contributed by atoms with Crippen LogP contribution in [0.15, 0.2) is 24.9 Å². The molecule has 2 aromatic heterocycles. The number of rotatable bonds is 6. The van der Waals surface area contributed by atoms with Crippen LogP contribution in [0.3, 0.4) is 0 Å². The number of piperidine rings is 1. The molecule has 4 aliphatic rings. The molecule has 2 aliphatic heterocycles. The summed E-state index contributed by atoms with van der Waals surface area (Å²) in [6.07, 6.45) is 10.3. The number of aromatic nitrogens is 4. The highest BCUT2D eigenvalue weighted by atomic mass is 35.5. The van der Waals surface area contributed by atoms with E-state index in [9.17, 15) is 9.90 Å². The van der Waals surface area contributed by atoms with E-state index >= 15 is 0 Å². The van der Waals surface area contributed by atoms with Crippen molar-refractivity contribution < 1.29 is 9.90 Å². The van der Waals surface area contributed by atoms with Gasteiger partial charge in [0.2, 0.25) is 5.91 Å². The lowest BCUT2D eigenvalue weighted by atomic mass is 9.73. The van der Waals surface area contributed by atoms with Crippen LogP contribution in [0.2, 0.25) is 5.02 Å². The van der Waals surface area contributed by atoms with E-state index in [2.05, 4.69) is 44.2 Å². The Morgan fingerprint density at radius 3 is 2.59 bits per heavy atom. The second-order valence-corrected chi connectivity index (χ2v) is 13.2. The third kappa shape index (κ3) is 4.48. The van der Waals surface area contributed by atoms with Gasteiger partial charge in [0.25, 0.3) is 0 Å². The van der Waals surface area contributed by atoms with Crippen LogP contribution in [0.4, 0.5) is 5.82 Å². The minimum absolute atomic E-state index is 0.00318. The van der Waals surface area contributed by atoms with E-state index in [0.717, 1.165) is 109 Å². The number of hydrogen-bond donors (Lipinski definition) is 2. The Bertz CT molecular complexity index is 1510. The Balaban J connectivity index is 1.32. The van der Waals surface area contributed by atoms with Crippen LogP contribution in [0.25, 0.3) is 22.0 Å². The van der Waals surface area contributed by atoms with Crippen molar-refractivity contribution in [3.05, 3.63) is 41.2 Å². The number of halogens is 1. The third-order valence-electron chi connectivity index (χ3n) is 10.2. The van der Waals surface area contributed by atoms with Gasteiger partial charge in [-0.15, -0.1) is 0 Å². The molecule has 41 heavy (non-hydrogen) atoms. The van der Waals surface area contributed by atoms with Gasteiger partial charge in [-0.25, -0.2) is 0 Å². The SMILES string of the molecule is C=CC(=O)N1CCC(n2nc(N3CCN(CC4(O)CC4)CC34CCC4)c(-c3c(Cl)c(C)cc4[nH]ncc34)c2C)CC1. The molecule has 0 unspecified atom stereocenters. The highest BCUT2D eigenvalue weighted by Crippen LogP contribution is 2.50. The molecule has 2 saturated carbocycles. The molecule has 1 amide bonds. The summed E-state index contributed by atoms with van der Waals surface area (Å²) in [5, 5.41) is 25.4. The predicted octanol–water partition coefficient (Wildman–Crippen LogP) is 4.62. The molecule has 9 nitrogen and oxygen atoms in total. The number of carbonyl (C=O) groups is 1. The highest BCUT2D eigenvalue weighted by Gasteiger charge is 2.51. The van der Waals surface area contributed by atoms with Crippen molar-refractivity contribution in [2.45, 2.75) is 76.0 Å². The van der Waals surface area contributed by atoms with Crippen molar-refractivity contribution in [2.24, 2.45) is 0 Å². The van der Waals surface area contributed by atoms with Gasteiger partial charge in [0.05, 0.1) is 33.9 Å². The van der Waals surface area contributed by atoms with Gasteiger partial charge in [-0.05, 0) is 76.5 Å². The van der Waals surface area contributed by atoms with Crippen molar-refractivity contribution >= 4 is 34.2 Å². The number of hydrogen-bond acceptors (Lipinski definition) is 6. The molecule has 4 heterocycles. The number of anilines is 1. The lowest BCUT2D eigenvalue weighted by molar-refractivity contribution is -0.127. The van der Waals surface area contributed by atoms with Crippen LogP contribution < -0.4 is 4.90 Å². The molecule has 2 aliphatic carbocycles. The zero-order chi connectivity index (χ0) is 28.5. The molecule has 0 atom stereocenters. The van der Waals surface area contributed by atoms with Crippen LogP contribution in [0.1, 0.15) is 62.2 Å². The number of aromatic amines is 1. The van der Waals surface area contributed by atoms with Crippen LogP contribution in [-0.4, -0.2) is 91.2 Å². The number of nitrogens with one attached hydrogen (secondary N) is 1. The topological polar surface area (TPSA) is 93.5 Å². The number of piperazine rings is 1. The first-order valence-corrected chi connectivity index (χ1v) is 15.5. The molecule has 2 saturated heterocycles. The maximum atomic E-state index is 12.3. The van der Waals surface area contributed by atoms with Crippen LogP contribution in [0.5, 0.6) is 0 Å². The summed E-state index contributed by atoms with van der Waals surface area (Å²) in [5.74, 6) is 1.00. The predicted molar refractivity (Wildman–Crippen MR) is 161 cm³/mol. The van der Waals surface area contributed by atoms with Gasteiger partial charge in [-0.1, -0.05) is 18.2 Å². The molecule has 2 N–H and O–H groups in total. The second kappa shape index (κ2) is 9.85. The van der Waals surface area contributed by atoms with Crippen molar-refractivity contribution in [3.63, 3.8) is 0 Å². The normalized spacial score (nSPS) is 22.3. The number of nitrogens with zero attached hydrogens (tertiary/aromatic N) is 6. The van der Waals surface area contributed by atoms with E-state index in [4.69, 9.17) is 16.7 Å². The van der Waals surface area contributed by atoms with Crippen LogP contribution in [0, 0.1) is 13.8 Å². The molecule has 0 radical (unpaired) electrons. The molecule has 4 fully saturated rings. The van der Waals surface area contributed by atoms with Crippen molar-refractivity contribution in [1.29, 1.82) is 0 Å². The summed E-state index contributed by atoms with van der Waals surface area (Å²) < 4.78 is 2.22. The number of β-amino-alcohol motifs (C(OH)–C–C–N with tert-alkyl or cyclic N) is 1. The van der Waals surface area contributed by atoms with Gasteiger partial charge in [0.15, 0.2) is 5.82 Å². The zero-order valence-electron chi connectivity index (χ0n) is 24.1. The van der Waals surface area contributed by atoms with Crippen molar-refractivity contribution in [2.75, 3.05) is 44.2 Å². The lowest BCUT2D eigenvalue weighted by Gasteiger charge is -2.56. The van der Waals surface area contributed by atoms with Crippen LogP contribution in [-0.2, 0) is 4.79 Å². The molecular weight excluding hydrogens is 538 g/mol. The average Bonchev–Trinajstić information content (AvgIpc) is 3.33. The first kappa shape index (κ1) is 27.0. The fourth-order valence-electron chi connectivity index (χ4n) is 7.50. The number of aryl methyl sites for hydroxylation is 1. The van der Waals surface area contributed by atoms with E-state index in [-0.39, 0.29) is 17.5 Å². The van der Waals surface area contributed by atoms with Gasteiger partial charge in [0, 0.05) is 61.5 Å². The molecule has 0 bridgehead atoms. The van der Waals surface area contributed by atoms with Crippen molar-refractivity contribution in [1.82, 2.24) is 29.8 Å². The van der Waals surface area contributed by atoms with E-state index in [1.807, 2.05) is 18.0 Å². The lowest BCUT2D eigenvalue weighted by Crippen LogP contribution is -2.66. The number of fused-ring (bicyclic) bond motifs is 1. The number of H-pyrrole nitrogens is 1. The molecule has 1 spiro atoms. The quantitative estimate of drug-likeness (QED) is 0.415. The van der Waals surface area contributed by atoms with Crippen LogP contribution >= 0.6 is 11.6 Å². The van der Waals surface area contributed by atoms with Gasteiger partial charge < -0.3 is 14.9 Å². The summed E-state index contributed by atoms with van der Waals surface area (Å²) in [6, 6.07) is 2.26.